The maximum atomic E-state index is 12.9. The van der Waals surface area contributed by atoms with E-state index in [-0.39, 0.29) is 12.3 Å². The number of halogens is 1. The second-order valence-corrected chi connectivity index (χ2v) is 5.78. The lowest BCUT2D eigenvalue weighted by atomic mass is 10.1. The highest BCUT2D eigenvalue weighted by Crippen LogP contribution is 2.31. The van der Waals surface area contributed by atoms with Crippen LogP contribution in [0.25, 0.3) is 10.4 Å². The fourth-order valence-corrected chi connectivity index (χ4v) is 2.69. The van der Waals surface area contributed by atoms with E-state index in [1.807, 2.05) is 4.90 Å². The number of hydrogen-bond donors (Lipinski definition) is 1. The van der Waals surface area contributed by atoms with Crippen LogP contribution in [0.1, 0.15) is 11.1 Å². The Morgan fingerprint density at radius 1 is 1.45 bits per heavy atom. The third kappa shape index (κ3) is 4.23. The number of piperazine rings is 1. The molecule has 0 aliphatic carbocycles. The highest BCUT2D eigenvalue weighted by atomic mass is 32.3. The van der Waals surface area contributed by atoms with Crippen molar-refractivity contribution >= 4 is 16.2 Å². The normalized spacial score (nSPS) is 15.3. The minimum absolute atomic E-state index is 0.0327. The number of anilines is 1. The van der Waals surface area contributed by atoms with Crippen LogP contribution in [0.15, 0.2) is 17.2 Å². The first kappa shape index (κ1) is 16.3. The predicted molar refractivity (Wildman–Crippen MR) is 79.8 cm³/mol. The molecular formula is C12H16FN5O3S. The van der Waals surface area contributed by atoms with Crippen LogP contribution >= 0.6 is 0 Å². The number of nitrogens with one attached hydrogen (secondary N) is 1. The summed E-state index contributed by atoms with van der Waals surface area (Å²) in [6.07, 6.45) is 0. The molecule has 22 heavy (non-hydrogen) atoms. The van der Waals surface area contributed by atoms with Gasteiger partial charge in [0.1, 0.15) is 0 Å². The van der Waals surface area contributed by atoms with E-state index in [0.717, 1.165) is 26.2 Å². The number of nitrogens with zero attached hydrogens (tertiary/aromatic N) is 4. The lowest BCUT2D eigenvalue weighted by Gasteiger charge is -2.30. The Labute approximate surface area is 127 Å². The molecule has 0 saturated carbocycles. The van der Waals surface area contributed by atoms with Gasteiger partial charge in [-0.25, -0.2) is 0 Å². The maximum Gasteiger partial charge on any atom is 0.488 e. The average Bonchev–Trinajstić information content (AvgIpc) is 2.47. The highest BCUT2D eigenvalue weighted by Gasteiger charge is 2.18. The summed E-state index contributed by atoms with van der Waals surface area (Å²) in [5.41, 5.74) is 10.2. The van der Waals surface area contributed by atoms with Crippen LogP contribution in [0, 0.1) is 6.92 Å². The number of rotatable bonds is 5. The Kier molecular flexibility index (Phi) is 5.07. The molecule has 1 aliphatic rings. The zero-order chi connectivity index (χ0) is 16.2. The summed E-state index contributed by atoms with van der Waals surface area (Å²) in [6, 6.07) is 3.28. The van der Waals surface area contributed by atoms with Crippen molar-refractivity contribution in [1.29, 1.82) is 0 Å². The van der Waals surface area contributed by atoms with E-state index >= 15 is 0 Å². The molecule has 1 aliphatic heterocycles. The third-order valence-electron chi connectivity index (χ3n) is 3.43. The molecule has 1 fully saturated rings. The number of hydrogen-bond acceptors (Lipinski definition) is 6. The van der Waals surface area contributed by atoms with Gasteiger partial charge < -0.3 is 14.4 Å². The minimum Gasteiger partial charge on any atom is -0.369 e. The van der Waals surface area contributed by atoms with Crippen LogP contribution in [0.2, 0.25) is 0 Å². The molecule has 120 valence electrons. The smallest absolute Gasteiger partial charge is 0.369 e. The molecule has 1 heterocycles. The first-order valence-corrected chi connectivity index (χ1v) is 7.95. The molecular weight excluding hydrogens is 313 g/mol. The Hall–Kier alpha value is -2.03. The zero-order valence-electron chi connectivity index (χ0n) is 12.0. The summed E-state index contributed by atoms with van der Waals surface area (Å²) < 4.78 is 38.8. The van der Waals surface area contributed by atoms with Gasteiger partial charge in [0, 0.05) is 42.8 Å². The molecule has 10 heteroatoms. The van der Waals surface area contributed by atoms with E-state index in [9.17, 15) is 12.3 Å². The third-order valence-corrected chi connectivity index (χ3v) is 3.81. The van der Waals surface area contributed by atoms with Crippen LogP contribution < -0.4 is 14.4 Å². The highest BCUT2D eigenvalue weighted by molar-refractivity contribution is 7.81. The summed E-state index contributed by atoms with van der Waals surface area (Å²) in [4.78, 5) is 4.71. The standard InChI is InChI=1S/C12H16FN5O3S/c1-9-10(8-16-17-14)6-11(18-4-2-15-3-5-18)7-12(9)21-22(13,19)20/h6-7,15H,2-5,8H2,1H3. The molecule has 1 aromatic rings. The van der Waals surface area contributed by atoms with E-state index in [4.69, 9.17) is 5.53 Å². The Balaban J connectivity index is 2.44. The van der Waals surface area contributed by atoms with Crippen molar-refractivity contribution in [2.75, 3.05) is 31.1 Å². The van der Waals surface area contributed by atoms with Gasteiger partial charge in [-0.05, 0) is 29.6 Å². The molecule has 0 atom stereocenters. The molecule has 0 aromatic heterocycles. The number of benzene rings is 1. The second-order valence-electron chi connectivity index (χ2n) is 4.83. The summed E-state index contributed by atoms with van der Waals surface area (Å²) in [6.45, 7) is 4.65. The fourth-order valence-electron chi connectivity index (χ4n) is 2.30. The van der Waals surface area contributed by atoms with Gasteiger partial charge in [-0.2, -0.15) is 8.42 Å². The van der Waals surface area contributed by atoms with E-state index in [2.05, 4.69) is 19.5 Å². The molecule has 8 nitrogen and oxygen atoms in total. The zero-order valence-corrected chi connectivity index (χ0v) is 12.8. The first-order valence-electron chi connectivity index (χ1n) is 6.65. The van der Waals surface area contributed by atoms with Crippen molar-refractivity contribution < 1.29 is 16.5 Å². The fraction of sp³-hybridized carbons (Fsp3) is 0.500. The largest absolute Gasteiger partial charge is 0.488 e. The average molecular weight is 329 g/mol. The van der Waals surface area contributed by atoms with Crippen molar-refractivity contribution in [3.63, 3.8) is 0 Å². The van der Waals surface area contributed by atoms with E-state index in [1.165, 1.54) is 6.07 Å². The summed E-state index contributed by atoms with van der Waals surface area (Å²) in [5, 5.41) is 6.68. The second kappa shape index (κ2) is 6.82. The van der Waals surface area contributed by atoms with Crippen LogP contribution in [0.3, 0.4) is 0 Å². The van der Waals surface area contributed by atoms with Gasteiger partial charge in [0.25, 0.3) is 0 Å². The molecule has 1 saturated heterocycles. The van der Waals surface area contributed by atoms with Crippen molar-refractivity contribution in [2.45, 2.75) is 13.5 Å². The lowest BCUT2D eigenvalue weighted by Crippen LogP contribution is -2.43. The molecule has 1 aromatic carbocycles. The summed E-state index contributed by atoms with van der Waals surface area (Å²) >= 11 is 0. The number of azide groups is 1. The summed E-state index contributed by atoms with van der Waals surface area (Å²) in [7, 11) is -5.12. The maximum absolute atomic E-state index is 12.9. The van der Waals surface area contributed by atoms with Gasteiger partial charge in [-0.15, -0.1) is 0 Å². The van der Waals surface area contributed by atoms with Crippen LogP contribution in [-0.4, -0.2) is 34.6 Å². The van der Waals surface area contributed by atoms with Crippen LogP contribution in [0.4, 0.5) is 9.57 Å². The van der Waals surface area contributed by atoms with Crippen molar-refractivity contribution in [2.24, 2.45) is 5.11 Å². The molecule has 0 bridgehead atoms. The van der Waals surface area contributed by atoms with Gasteiger partial charge >= 0.3 is 10.5 Å². The molecule has 0 spiro atoms. The van der Waals surface area contributed by atoms with E-state index in [1.54, 1.807) is 13.0 Å². The Morgan fingerprint density at radius 3 is 2.73 bits per heavy atom. The molecule has 1 N–H and O–H groups in total. The van der Waals surface area contributed by atoms with Crippen molar-refractivity contribution in [3.05, 3.63) is 33.7 Å². The molecule has 0 radical (unpaired) electrons. The first-order chi connectivity index (χ1) is 10.4. The van der Waals surface area contributed by atoms with Crippen molar-refractivity contribution in [3.8, 4) is 5.75 Å². The van der Waals surface area contributed by atoms with Gasteiger partial charge in [0.05, 0.1) is 6.54 Å². The minimum atomic E-state index is -5.12. The SMILES string of the molecule is Cc1c(CN=[N+]=[N-])cc(N2CCNCC2)cc1OS(=O)(=O)F. The van der Waals surface area contributed by atoms with Gasteiger partial charge in [-0.3, -0.25) is 0 Å². The topological polar surface area (TPSA) is 107 Å². The Morgan fingerprint density at radius 2 is 2.14 bits per heavy atom. The quantitative estimate of drug-likeness (QED) is 0.383. The lowest BCUT2D eigenvalue weighted by molar-refractivity contribution is 0.438. The Bertz CT molecular complexity index is 697. The molecule has 2 rings (SSSR count). The predicted octanol–water partition coefficient (Wildman–Crippen LogP) is 1.81. The van der Waals surface area contributed by atoms with E-state index in [0.29, 0.717) is 16.8 Å². The van der Waals surface area contributed by atoms with Crippen LogP contribution in [-0.2, 0) is 17.0 Å². The van der Waals surface area contributed by atoms with Crippen molar-refractivity contribution in [1.82, 2.24) is 5.32 Å². The van der Waals surface area contributed by atoms with E-state index < -0.39 is 10.5 Å². The van der Waals surface area contributed by atoms with Gasteiger partial charge in [0.2, 0.25) is 0 Å². The molecule has 0 unspecified atom stereocenters. The molecule has 0 amide bonds. The van der Waals surface area contributed by atoms with Gasteiger partial charge in [0.15, 0.2) is 5.75 Å². The summed E-state index contributed by atoms with van der Waals surface area (Å²) in [5.74, 6) is -0.0957. The monoisotopic (exact) mass is 329 g/mol. The van der Waals surface area contributed by atoms with Crippen LogP contribution in [0.5, 0.6) is 5.75 Å². The van der Waals surface area contributed by atoms with Gasteiger partial charge in [-0.1, -0.05) is 9.00 Å².